The van der Waals surface area contributed by atoms with Crippen LogP contribution in [0.4, 0.5) is 0 Å². The Balaban J connectivity index is 1.71. The van der Waals surface area contributed by atoms with E-state index in [9.17, 15) is 9.59 Å². The second-order valence-corrected chi connectivity index (χ2v) is 5.29. The lowest BCUT2D eigenvalue weighted by Gasteiger charge is -2.14. The molecule has 21 heavy (non-hydrogen) atoms. The molecule has 2 aromatic rings. The molecule has 0 radical (unpaired) electrons. The second kappa shape index (κ2) is 5.55. The Morgan fingerprint density at radius 1 is 1.48 bits per heavy atom. The van der Waals surface area contributed by atoms with Crippen molar-refractivity contribution in [2.24, 2.45) is 0 Å². The smallest absolute Gasteiger partial charge is 0.267 e. The number of hydrogen-bond donors (Lipinski definition) is 1. The van der Waals surface area contributed by atoms with Gasteiger partial charge in [0, 0.05) is 12.0 Å². The molecule has 110 valence electrons. The number of rotatable bonds is 5. The highest BCUT2D eigenvalue weighted by Gasteiger charge is 2.27. The fraction of sp³-hybridized carbons (Fsp3) is 0.400. The molecule has 0 aromatic carbocycles. The molecule has 6 heteroatoms. The van der Waals surface area contributed by atoms with Gasteiger partial charge in [-0.25, -0.2) is 4.68 Å². The predicted molar refractivity (Wildman–Crippen MR) is 75.7 cm³/mol. The lowest BCUT2D eigenvalue weighted by Crippen LogP contribution is -2.36. The highest BCUT2D eigenvalue weighted by molar-refractivity contribution is 5.79. The van der Waals surface area contributed by atoms with E-state index in [1.54, 1.807) is 31.4 Å². The zero-order valence-corrected chi connectivity index (χ0v) is 11.8. The average Bonchev–Trinajstić information content (AvgIpc) is 3.21. The van der Waals surface area contributed by atoms with Gasteiger partial charge in [-0.15, -0.1) is 0 Å². The van der Waals surface area contributed by atoms with E-state index < -0.39 is 6.04 Å². The number of amides is 1. The Morgan fingerprint density at radius 2 is 2.29 bits per heavy atom. The van der Waals surface area contributed by atoms with Crippen LogP contribution < -0.4 is 10.9 Å². The molecule has 3 rings (SSSR count). The number of nitrogens with one attached hydrogen (secondary N) is 1. The summed E-state index contributed by atoms with van der Waals surface area (Å²) >= 11 is 0. The van der Waals surface area contributed by atoms with E-state index in [0.29, 0.717) is 18.2 Å². The maximum Gasteiger partial charge on any atom is 0.267 e. The summed E-state index contributed by atoms with van der Waals surface area (Å²) in [6.07, 6.45) is 3.75. The summed E-state index contributed by atoms with van der Waals surface area (Å²) in [5.74, 6) is 0.853. The average molecular weight is 287 g/mol. The minimum atomic E-state index is -0.647. The Morgan fingerprint density at radius 3 is 2.95 bits per heavy atom. The molecule has 0 spiro atoms. The summed E-state index contributed by atoms with van der Waals surface area (Å²) < 4.78 is 6.41. The van der Waals surface area contributed by atoms with E-state index in [1.807, 2.05) is 0 Å². The van der Waals surface area contributed by atoms with Crippen LogP contribution in [0.15, 0.2) is 39.7 Å². The first-order valence-corrected chi connectivity index (χ1v) is 7.05. The highest BCUT2D eigenvalue weighted by atomic mass is 16.3. The lowest BCUT2D eigenvalue weighted by molar-refractivity contribution is -0.124. The third-order valence-corrected chi connectivity index (χ3v) is 3.60. The first-order valence-electron chi connectivity index (χ1n) is 7.05. The normalized spacial score (nSPS) is 15.7. The largest absolute Gasteiger partial charge is 0.467 e. The summed E-state index contributed by atoms with van der Waals surface area (Å²) in [5.41, 5.74) is 0.625. The van der Waals surface area contributed by atoms with E-state index >= 15 is 0 Å². The summed E-state index contributed by atoms with van der Waals surface area (Å²) in [6.45, 7) is 1.97. The maximum absolute atomic E-state index is 12.1. The molecule has 1 aliphatic carbocycles. The maximum atomic E-state index is 12.1. The summed E-state index contributed by atoms with van der Waals surface area (Å²) in [6, 6.07) is 6.13. The number of furan rings is 1. The van der Waals surface area contributed by atoms with Crippen molar-refractivity contribution in [3.63, 3.8) is 0 Å². The van der Waals surface area contributed by atoms with Crippen LogP contribution in [0, 0.1) is 0 Å². The minimum absolute atomic E-state index is 0.256. The number of aromatic nitrogens is 2. The summed E-state index contributed by atoms with van der Waals surface area (Å²) in [7, 11) is 0. The van der Waals surface area contributed by atoms with Crippen molar-refractivity contribution >= 4 is 5.91 Å². The second-order valence-electron chi connectivity index (χ2n) is 5.29. The van der Waals surface area contributed by atoms with Gasteiger partial charge in [0.05, 0.1) is 18.5 Å². The Kier molecular flexibility index (Phi) is 3.60. The van der Waals surface area contributed by atoms with Gasteiger partial charge in [-0.3, -0.25) is 9.59 Å². The van der Waals surface area contributed by atoms with Gasteiger partial charge in [-0.1, -0.05) is 0 Å². The molecule has 0 aliphatic heterocycles. The topological polar surface area (TPSA) is 77.1 Å². The molecule has 0 saturated heterocycles. The molecule has 1 saturated carbocycles. The van der Waals surface area contributed by atoms with Crippen molar-refractivity contribution in [3.05, 3.63) is 52.3 Å². The van der Waals surface area contributed by atoms with Crippen molar-refractivity contribution in [2.75, 3.05) is 0 Å². The van der Waals surface area contributed by atoms with Gasteiger partial charge < -0.3 is 9.73 Å². The van der Waals surface area contributed by atoms with Crippen LogP contribution >= 0.6 is 0 Å². The van der Waals surface area contributed by atoms with Crippen LogP contribution in [0.5, 0.6) is 0 Å². The lowest BCUT2D eigenvalue weighted by atomic mass is 10.2. The minimum Gasteiger partial charge on any atom is -0.467 e. The molecule has 1 fully saturated rings. The van der Waals surface area contributed by atoms with E-state index in [0.717, 1.165) is 18.5 Å². The number of carbonyl (C=O) groups excluding carboxylic acids is 1. The fourth-order valence-electron chi connectivity index (χ4n) is 2.16. The molecule has 2 heterocycles. The fourth-order valence-corrected chi connectivity index (χ4v) is 2.16. The van der Waals surface area contributed by atoms with E-state index in [1.165, 1.54) is 10.7 Å². The standard InChI is InChI=1S/C15H17N3O3/c1-10(15(20)16-9-12-3-2-8-21-12)18-14(19)7-6-13(17-18)11-4-5-11/h2-3,6-8,10-11H,4-5,9H2,1H3,(H,16,20)/t10-/m1/s1. The zero-order chi connectivity index (χ0) is 14.8. The van der Waals surface area contributed by atoms with Crippen molar-refractivity contribution < 1.29 is 9.21 Å². The molecule has 2 aromatic heterocycles. The third-order valence-electron chi connectivity index (χ3n) is 3.60. The quantitative estimate of drug-likeness (QED) is 0.906. The van der Waals surface area contributed by atoms with Crippen LogP contribution in [-0.4, -0.2) is 15.7 Å². The molecule has 6 nitrogen and oxygen atoms in total. The van der Waals surface area contributed by atoms with E-state index in [4.69, 9.17) is 4.42 Å². The first-order chi connectivity index (χ1) is 10.1. The van der Waals surface area contributed by atoms with Crippen LogP contribution in [0.3, 0.4) is 0 Å². The molecule has 1 aliphatic rings. The van der Waals surface area contributed by atoms with E-state index in [-0.39, 0.29) is 11.5 Å². The Labute approximate surface area is 121 Å². The zero-order valence-electron chi connectivity index (χ0n) is 11.8. The van der Waals surface area contributed by atoms with Gasteiger partial charge in [0.1, 0.15) is 11.8 Å². The summed E-state index contributed by atoms with van der Waals surface area (Å²) in [4.78, 5) is 24.0. The molecule has 0 bridgehead atoms. The summed E-state index contributed by atoms with van der Waals surface area (Å²) in [5, 5.41) is 7.06. The highest BCUT2D eigenvalue weighted by Crippen LogP contribution is 2.38. The van der Waals surface area contributed by atoms with Crippen molar-refractivity contribution in [3.8, 4) is 0 Å². The first kappa shape index (κ1) is 13.6. The Hall–Kier alpha value is -2.37. The van der Waals surface area contributed by atoms with Crippen molar-refractivity contribution in [1.29, 1.82) is 0 Å². The van der Waals surface area contributed by atoms with E-state index in [2.05, 4.69) is 10.4 Å². The van der Waals surface area contributed by atoms with Gasteiger partial charge in [0.15, 0.2) is 0 Å². The number of carbonyl (C=O) groups is 1. The predicted octanol–water partition coefficient (Wildman–Crippen LogP) is 1.59. The molecule has 1 N–H and O–H groups in total. The molecule has 1 amide bonds. The molecular weight excluding hydrogens is 270 g/mol. The van der Waals surface area contributed by atoms with Gasteiger partial charge in [0.25, 0.3) is 5.56 Å². The van der Waals surface area contributed by atoms with Crippen molar-refractivity contribution in [2.45, 2.75) is 38.3 Å². The van der Waals surface area contributed by atoms with Gasteiger partial charge in [-0.05, 0) is 38.0 Å². The van der Waals surface area contributed by atoms with Gasteiger partial charge in [-0.2, -0.15) is 5.10 Å². The molecule has 0 unspecified atom stereocenters. The van der Waals surface area contributed by atoms with Gasteiger partial charge in [0.2, 0.25) is 5.91 Å². The third kappa shape index (κ3) is 3.04. The van der Waals surface area contributed by atoms with Crippen molar-refractivity contribution in [1.82, 2.24) is 15.1 Å². The monoisotopic (exact) mass is 287 g/mol. The van der Waals surface area contributed by atoms with Crippen LogP contribution in [0.2, 0.25) is 0 Å². The van der Waals surface area contributed by atoms with Crippen LogP contribution in [0.1, 0.15) is 43.2 Å². The number of hydrogen-bond acceptors (Lipinski definition) is 4. The number of nitrogens with zero attached hydrogens (tertiary/aromatic N) is 2. The molecular formula is C15H17N3O3. The van der Waals surface area contributed by atoms with Gasteiger partial charge >= 0.3 is 0 Å². The van der Waals surface area contributed by atoms with Crippen LogP contribution in [-0.2, 0) is 11.3 Å². The SMILES string of the molecule is C[C@H](C(=O)NCc1ccco1)n1nc(C2CC2)ccc1=O. The Bertz CT molecular complexity index is 686. The molecule has 1 atom stereocenters. The van der Waals surface area contributed by atoms with Crippen LogP contribution in [0.25, 0.3) is 0 Å².